The first-order valence-electron chi connectivity index (χ1n) is 10.6. The first-order chi connectivity index (χ1) is 14.1. The van der Waals surface area contributed by atoms with Gasteiger partial charge in [-0.3, -0.25) is 14.5 Å². The van der Waals surface area contributed by atoms with Crippen molar-refractivity contribution in [2.75, 3.05) is 16.0 Å². The molecule has 0 unspecified atom stereocenters. The summed E-state index contributed by atoms with van der Waals surface area (Å²) in [6.45, 7) is 4.29. The maximum Gasteiger partial charge on any atom is 0.238 e. The smallest absolute Gasteiger partial charge is 0.238 e. The van der Waals surface area contributed by atoms with Gasteiger partial charge in [0.2, 0.25) is 11.8 Å². The predicted octanol–water partition coefficient (Wildman–Crippen LogP) is 5.94. The topological polar surface area (TPSA) is 49.4 Å². The zero-order valence-corrected chi connectivity index (χ0v) is 18.1. The van der Waals surface area contributed by atoms with Crippen molar-refractivity contribution in [3.05, 3.63) is 59.7 Å². The molecule has 1 atom stereocenters. The second-order valence-electron chi connectivity index (χ2n) is 7.44. The quantitative estimate of drug-likeness (QED) is 0.521. The third-order valence-corrected chi connectivity index (χ3v) is 6.31. The summed E-state index contributed by atoms with van der Waals surface area (Å²) >= 11 is 1.64. The number of anilines is 2. The Balaban J connectivity index is 1.81. The van der Waals surface area contributed by atoms with Crippen LogP contribution in [0.4, 0.5) is 11.4 Å². The molecular formula is C24H30N2O2S. The van der Waals surface area contributed by atoms with Gasteiger partial charge in [-0.25, -0.2) is 0 Å². The molecular weight excluding hydrogens is 380 g/mol. The molecule has 2 aromatic carbocycles. The first kappa shape index (κ1) is 21.4. The van der Waals surface area contributed by atoms with Crippen LogP contribution in [0.2, 0.25) is 0 Å². The van der Waals surface area contributed by atoms with Gasteiger partial charge in [0.1, 0.15) is 5.37 Å². The maximum atomic E-state index is 12.8. The van der Waals surface area contributed by atoms with Crippen molar-refractivity contribution in [2.45, 2.75) is 57.7 Å². The molecule has 1 aliphatic heterocycles. The zero-order valence-electron chi connectivity index (χ0n) is 17.3. The summed E-state index contributed by atoms with van der Waals surface area (Å²) in [4.78, 5) is 26.9. The summed E-state index contributed by atoms with van der Waals surface area (Å²) < 4.78 is 0. The zero-order chi connectivity index (χ0) is 20.6. The van der Waals surface area contributed by atoms with E-state index in [1.807, 2.05) is 47.4 Å². The lowest BCUT2D eigenvalue weighted by Gasteiger charge is -2.27. The van der Waals surface area contributed by atoms with Crippen LogP contribution in [0.1, 0.15) is 62.5 Å². The molecule has 0 aliphatic carbocycles. The molecule has 0 spiro atoms. The normalized spacial score (nSPS) is 16.3. The average Bonchev–Trinajstić information content (AvgIpc) is 3.10. The molecule has 154 valence electrons. The molecule has 0 radical (unpaired) electrons. The highest BCUT2D eigenvalue weighted by atomic mass is 32.2. The van der Waals surface area contributed by atoms with Crippen LogP contribution in [0.15, 0.2) is 48.5 Å². The Bertz CT molecular complexity index is 852. The van der Waals surface area contributed by atoms with Gasteiger partial charge in [0.05, 0.1) is 5.75 Å². The molecule has 1 N–H and O–H groups in total. The number of hydrogen-bond donors (Lipinski definition) is 1. The van der Waals surface area contributed by atoms with E-state index >= 15 is 0 Å². The second kappa shape index (κ2) is 10.5. The van der Waals surface area contributed by atoms with E-state index in [0.717, 1.165) is 49.0 Å². The lowest BCUT2D eigenvalue weighted by atomic mass is 10.1. The van der Waals surface area contributed by atoms with Crippen molar-refractivity contribution in [3.63, 3.8) is 0 Å². The highest BCUT2D eigenvalue weighted by Crippen LogP contribution is 2.43. The van der Waals surface area contributed by atoms with Gasteiger partial charge < -0.3 is 5.32 Å². The number of rotatable bonds is 9. The molecule has 2 amide bonds. The molecule has 0 saturated carbocycles. The number of nitrogens with one attached hydrogen (secondary N) is 1. The number of carbonyl (C=O) groups is 2. The third-order valence-electron chi connectivity index (χ3n) is 5.10. The van der Waals surface area contributed by atoms with Crippen molar-refractivity contribution in [3.8, 4) is 0 Å². The van der Waals surface area contributed by atoms with Crippen molar-refractivity contribution in [2.24, 2.45) is 0 Å². The fraction of sp³-hybridized carbons (Fsp3) is 0.417. The first-order valence-corrected chi connectivity index (χ1v) is 11.6. The highest BCUT2D eigenvalue weighted by Gasteiger charge is 2.35. The summed E-state index contributed by atoms with van der Waals surface area (Å²) in [5, 5.41) is 2.94. The molecule has 5 heteroatoms. The Hall–Kier alpha value is -2.27. The van der Waals surface area contributed by atoms with Gasteiger partial charge in [0.15, 0.2) is 0 Å². The van der Waals surface area contributed by atoms with E-state index in [9.17, 15) is 9.59 Å². The number of hydrogen-bond acceptors (Lipinski definition) is 3. The number of benzene rings is 2. The van der Waals surface area contributed by atoms with Crippen LogP contribution in [0.3, 0.4) is 0 Å². The fourth-order valence-corrected chi connectivity index (χ4v) is 4.85. The largest absolute Gasteiger partial charge is 0.326 e. The standard InChI is InChI=1S/C24H30N2O2S/c1-3-5-6-15-22(27)25-20-13-9-12-19(16-20)24-26(23(28)17-29-24)21-14-8-7-11-18(21)10-4-2/h7-9,11-14,16,24H,3-6,10,15,17H2,1-2H3,(H,25,27)/t24-/m0/s1. The van der Waals surface area contributed by atoms with Crippen molar-refractivity contribution in [1.82, 2.24) is 0 Å². The van der Waals surface area contributed by atoms with E-state index in [1.54, 1.807) is 11.8 Å². The lowest BCUT2D eigenvalue weighted by molar-refractivity contribution is -0.117. The Labute approximate surface area is 178 Å². The van der Waals surface area contributed by atoms with Gasteiger partial charge in [0, 0.05) is 17.8 Å². The maximum absolute atomic E-state index is 12.8. The molecule has 1 heterocycles. The van der Waals surface area contributed by atoms with Crippen LogP contribution in [0, 0.1) is 0 Å². The van der Waals surface area contributed by atoms with E-state index in [-0.39, 0.29) is 17.2 Å². The molecule has 29 heavy (non-hydrogen) atoms. The summed E-state index contributed by atoms with van der Waals surface area (Å²) in [7, 11) is 0. The predicted molar refractivity (Wildman–Crippen MR) is 122 cm³/mol. The Morgan fingerprint density at radius 2 is 1.93 bits per heavy atom. The third kappa shape index (κ3) is 5.41. The number of thioether (sulfide) groups is 1. The Morgan fingerprint density at radius 3 is 2.72 bits per heavy atom. The van der Waals surface area contributed by atoms with E-state index in [1.165, 1.54) is 5.56 Å². The molecule has 4 nitrogen and oxygen atoms in total. The van der Waals surface area contributed by atoms with Gasteiger partial charge in [-0.05, 0) is 42.2 Å². The monoisotopic (exact) mass is 410 g/mol. The minimum absolute atomic E-state index is 0.0518. The summed E-state index contributed by atoms with van der Waals surface area (Å²) in [6.07, 6.45) is 5.62. The van der Waals surface area contributed by atoms with Gasteiger partial charge in [-0.1, -0.05) is 63.4 Å². The Morgan fingerprint density at radius 1 is 1.10 bits per heavy atom. The fourth-order valence-electron chi connectivity index (χ4n) is 3.69. The van der Waals surface area contributed by atoms with Crippen LogP contribution < -0.4 is 10.2 Å². The van der Waals surface area contributed by atoms with E-state index in [2.05, 4.69) is 25.2 Å². The SMILES string of the molecule is CCCCCC(=O)Nc1cccc([C@@H]2SCC(=O)N2c2ccccc2CCC)c1. The molecule has 1 aliphatic rings. The van der Waals surface area contributed by atoms with E-state index in [4.69, 9.17) is 0 Å². The number of carbonyl (C=O) groups excluding carboxylic acids is 2. The summed E-state index contributed by atoms with van der Waals surface area (Å²) in [6, 6.07) is 16.1. The molecule has 0 aromatic heterocycles. The van der Waals surface area contributed by atoms with E-state index < -0.39 is 0 Å². The van der Waals surface area contributed by atoms with Gasteiger partial charge in [-0.15, -0.1) is 11.8 Å². The van der Waals surface area contributed by atoms with E-state index in [0.29, 0.717) is 12.2 Å². The number of para-hydroxylation sites is 1. The minimum Gasteiger partial charge on any atom is -0.326 e. The number of nitrogens with zero attached hydrogens (tertiary/aromatic N) is 1. The average molecular weight is 411 g/mol. The number of aryl methyl sites for hydroxylation is 1. The van der Waals surface area contributed by atoms with Gasteiger partial charge in [0.25, 0.3) is 0 Å². The van der Waals surface area contributed by atoms with Crippen LogP contribution in [-0.4, -0.2) is 17.6 Å². The number of unbranched alkanes of at least 4 members (excludes halogenated alkanes) is 2. The van der Waals surface area contributed by atoms with Crippen LogP contribution in [-0.2, 0) is 16.0 Å². The molecule has 3 rings (SSSR count). The second-order valence-corrected chi connectivity index (χ2v) is 8.51. The molecule has 1 saturated heterocycles. The summed E-state index contributed by atoms with van der Waals surface area (Å²) in [5.41, 5.74) is 4.05. The van der Waals surface area contributed by atoms with Crippen LogP contribution >= 0.6 is 11.8 Å². The molecule has 1 fully saturated rings. The molecule has 2 aromatic rings. The number of amides is 2. The van der Waals surface area contributed by atoms with Crippen molar-refractivity contribution in [1.29, 1.82) is 0 Å². The highest BCUT2D eigenvalue weighted by molar-refractivity contribution is 8.00. The van der Waals surface area contributed by atoms with Crippen molar-refractivity contribution >= 4 is 35.0 Å². The molecule has 0 bridgehead atoms. The minimum atomic E-state index is -0.0718. The summed E-state index contributed by atoms with van der Waals surface area (Å²) in [5.74, 6) is 0.659. The van der Waals surface area contributed by atoms with Crippen LogP contribution in [0.5, 0.6) is 0 Å². The lowest BCUT2D eigenvalue weighted by Crippen LogP contribution is -2.28. The van der Waals surface area contributed by atoms with Gasteiger partial charge >= 0.3 is 0 Å². The van der Waals surface area contributed by atoms with Crippen LogP contribution in [0.25, 0.3) is 0 Å². The van der Waals surface area contributed by atoms with Crippen molar-refractivity contribution < 1.29 is 9.59 Å². The Kier molecular flexibility index (Phi) is 7.76. The van der Waals surface area contributed by atoms with Gasteiger partial charge in [-0.2, -0.15) is 0 Å².